The third kappa shape index (κ3) is 2.89. The van der Waals surface area contributed by atoms with E-state index >= 15 is 0 Å². The number of hydrogen-bond acceptors (Lipinski definition) is 3. The van der Waals surface area contributed by atoms with Gasteiger partial charge in [0.1, 0.15) is 0 Å². The Morgan fingerprint density at radius 3 is 2.68 bits per heavy atom. The van der Waals surface area contributed by atoms with Gasteiger partial charge in [-0.1, -0.05) is 6.07 Å². The van der Waals surface area contributed by atoms with E-state index in [4.69, 9.17) is 16.0 Å². The van der Waals surface area contributed by atoms with Gasteiger partial charge in [0.25, 0.3) is 5.91 Å². The first-order valence-electron chi connectivity index (χ1n) is 6.73. The SMILES string of the molecule is Cc1cc(C)n(-c2cccc(NC(=O)c3ccc(Cl)o3)c2)n1. The van der Waals surface area contributed by atoms with Crippen molar-refractivity contribution < 1.29 is 9.21 Å². The molecule has 1 aromatic carbocycles. The number of nitrogens with one attached hydrogen (secondary N) is 1. The average molecular weight is 316 g/mol. The van der Waals surface area contributed by atoms with Crippen molar-refractivity contribution in [1.29, 1.82) is 0 Å². The van der Waals surface area contributed by atoms with Crippen LogP contribution >= 0.6 is 11.6 Å². The highest BCUT2D eigenvalue weighted by atomic mass is 35.5. The molecule has 0 spiro atoms. The Hall–Kier alpha value is -2.53. The van der Waals surface area contributed by atoms with E-state index in [0.717, 1.165) is 17.1 Å². The second kappa shape index (κ2) is 5.69. The van der Waals surface area contributed by atoms with Gasteiger partial charge in [-0.25, -0.2) is 4.68 Å². The molecule has 3 aromatic rings. The highest BCUT2D eigenvalue weighted by molar-refractivity contribution is 6.29. The predicted molar refractivity (Wildman–Crippen MR) is 84.7 cm³/mol. The molecule has 3 rings (SSSR count). The second-order valence-electron chi connectivity index (χ2n) is 4.95. The van der Waals surface area contributed by atoms with Crippen LogP contribution in [-0.2, 0) is 0 Å². The molecular weight excluding hydrogens is 302 g/mol. The van der Waals surface area contributed by atoms with Crippen molar-refractivity contribution in [3.8, 4) is 5.69 Å². The number of hydrogen-bond donors (Lipinski definition) is 1. The molecule has 0 radical (unpaired) electrons. The van der Waals surface area contributed by atoms with Gasteiger partial charge in [-0.15, -0.1) is 0 Å². The highest BCUT2D eigenvalue weighted by Gasteiger charge is 2.11. The molecule has 6 heteroatoms. The van der Waals surface area contributed by atoms with Crippen molar-refractivity contribution in [1.82, 2.24) is 9.78 Å². The summed E-state index contributed by atoms with van der Waals surface area (Å²) in [5.74, 6) is -0.182. The van der Waals surface area contributed by atoms with E-state index in [1.807, 2.05) is 42.8 Å². The van der Waals surface area contributed by atoms with Gasteiger partial charge in [0.15, 0.2) is 11.0 Å². The molecule has 5 nitrogen and oxygen atoms in total. The molecule has 0 bridgehead atoms. The second-order valence-corrected chi connectivity index (χ2v) is 5.32. The summed E-state index contributed by atoms with van der Waals surface area (Å²) in [6.07, 6.45) is 0. The molecule has 1 N–H and O–H groups in total. The lowest BCUT2D eigenvalue weighted by molar-refractivity contribution is 0.0997. The van der Waals surface area contributed by atoms with Gasteiger partial charge in [-0.2, -0.15) is 5.10 Å². The number of nitrogens with zero attached hydrogens (tertiary/aromatic N) is 2. The molecule has 1 amide bonds. The molecule has 2 heterocycles. The Labute approximate surface area is 132 Å². The minimum Gasteiger partial charge on any atom is -0.440 e. The molecule has 0 saturated heterocycles. The molecule has 0 aliphatic carbocycles. The fourth-order valence-corrected chi connectivity index (χ4v) is 2.38. The van der Waals surface area contributed by atoms with Crippen LogP contribution in [0.4, 0.5) is 5.69 Å². The zero-order chi connectivity index (χ0) is 15.7. The van der Waals surface area contributed by atoms with E-state index in [1.165, 1.54) is 12.1 Å². The molecule has 0 saturated carbocycles. The fraction of sp³-hybridized carbons (Fsp3) is 0.125. The zero-order valence-electron chi connectivity index (χ0n) is 12.1. The Kier molecular flexibility index (Phi) is 3.73. The number of amides is 1. The summed E-state index contributed by atoms with van der Waals surface area (Å²) in [6.45, 7) is 3.92. The molecule has 22 heavy (non-hydrogen) atoms. The Bertz CT molecular complexity index is 836. The van der Waals surface area contributed by atoms with Gasteiger partial charge < -0.3 is 9.73 Å². The Morgan fingerprint density at radius 2 is 2.05 bits per heavy atom. The van der Waals surface area contributed by atoms with Crippen LogP contribution in [-0.4, -0.2) is 15.7 Å². The molecule has 0 aliphatic rings. The van der Waals surface area contributed by atoms with Crippen molar-refractivity contribution in [2.45, 2.75) is 13.8 Å². The number of benzene rings is 1. The molecular formula is C16H14ClN3O2. The van der Waals surface area contributed by atoms with Gasteiger partial charge in [0.05, 0.1) is 11.4 Å². The number of carbonyl (C=O) groups is 1. The topological polar surface area (TPSA) is 60.1 Å². The number of carbonyl (C=O) groups excluding carboxylic acids is 1. The lowest BCUT2D eigenvalue weighted by atomic mass is 10.2. The van der Waals surface area contributed by atoms with E-state index in [1.54, 1.807) is 6.07 Å². The van der Waals surface area contributed by atoms with Crippen LogP contribution in [0.3, 0.4) is 0 Å². The van der Waals surface area contributed by atoms with Crippen LogP contribution in [0.25, 0.3) is 5.69 Å². The minimum absolute atomic E-state index is 0.168. The van der Waals surface area contributed by atoms with E-state index in [2.05, 4.69) is 10.4 Å². The minimum atomic E-state index is -0.350. The number of aromatic nitrogens is 2. The average Bonchev–Trinajstić information content (AvgIpc) is 3.05. The molecule has 0 aliphatic heterocycles. The summed E-state index contributed by atoms with van der Waals surface area (Å²) in [4.78, 5) is 12.1. The van der Waals surface area contributed by atoms with Crippen LogP contribution in [0.1, 0.15) is 21.9 Å². The Morgan fingerprint density at radius 1 is 1.23 bits per heavy atom. The highest BCUT2D eigenvalue weighted by Crippen LogP contribution is 2.19. The lowest BCUT2D eigenvalue weighted by Crippen LogP contribution is -2.11. The first-order chi connectivity index (χ1) is 10.5. The number of rotatable bonds is 3. The van der Waals surface area contributed by atoms with Gasteiger partial charge in [-0.3, -0.25) is 4.79 Å². The smallest absolute Gasteiger partial charge is 0.291 e. The fourth-order valence-electron chi connectivity index (χ4n) is 2.23. The van der Waals surface area contributed by atoms with Gasteiger partial charge in [-0.05, 0) is 61.8 Å². The van der Waals surface area contributed by atoms with Gasteiger partial charge in [0.2, 0.25) is 0 Å². The first-order valence-corrected chi connectivity index (χ1v) is 7.11. The first kappa shape index (κ1) is 14.4. The summed E-state index contributed by atoms with van der Waals surface area (Å²) in [6, 6.07) is 12.5. The number of halogens is 1. The normalized spacial score (nSPS) is 10.7. The lowest BCUT2D eigenvalue weighted by Gasteiger charge is -2.08. The summed E-state index contributed by atoms with van der Waals surface area (Å²) < 4.78 is 6.92. The number of aryl methyl sites for hydroxylation is 2. The Balaban J connectivity index is 1.85. The van der Waals surface area contributed by atoms with Gasteiger partial charge in [0, 0.05) is 11.4 Å². The number of anilines is 1. The molecule has 0 atom stereocenters. The summed E-state index contributed by atoms with van der Waals surface area (Å²) in [5.41, 5.74) is 3.50. The van der Waals surface area contributed by atoms with Crippen molar-refractivity contribution in [3.05, 3.63) is 64.8 Å². The quantitative estimate of drug-likeness (QED) is 0.795. The van der Waals surface area contributed by atoms with Gasteiger partial charge >= 0.3 is 0 Å². The van der Waals surface area contributed by atoms with Crippen molar-refractivity contribution in [3.63, 3.8) is 0 Å². The van der Waals surface area contributed by atoms with Crippen molar-refractivity contribution in [2.24, 2.45) is 0 Å². The van der Waals surface area contributed by atoms with Crippen LogP contribution < -0.4 is 5.32 Å². The predicted octanol–water partition coefficient (Wildman–Crippen LogP) is 3.99. The zero-order valence-corrected chi connectivity index (χ0v) is 12.9. The maximum absolute atomic E-state index is 12.1. The monoisotopic (exact) mass is 315 g/mol. The maximum Gasteiger partial charge on any atom is 0.291 e. The maximum atomic E-state index is 12.1. The van der Waals surface area contributed by atoms with Crippen molar-refractivity contribution in [2.75, 3.05) is 5.32 Å². The summed E-state index contributed by atoms with van der Waals surface area (Å²) in [7, 11) is 0. The van der Waals surface area contributed by atoms with E-state index in [-0.39, 0.29) is 16.9 Å². The third-order valence-corrected chi connectivity index (χ3v) is 3.36. The van der Waals surface area contributed by atoms with Crippen molar-refractivity contribution >= 4 is 23.2 Å². The summed E-state index contributed by atoms with van der Waals surface area (Å²) >= 11 is 5.67. The van der Waals surface area contributed by atoms with Crippen LogP contribution in [0.5, 0.6) is 0 Å². The molecule has 0 fully saturated rings. The largest absolute Gasteiger partial charge is 0.440 e. The van der Waals surface area contributed by atoms with E-state index < -0.39 is 0 Å². The number of furan rings is 1. The standard InChI is InChI=1S/C16H14ClN3O2/c1-10-8-11(2)20(19-10)13-5-3-4-12(9-13)18-16(21)14-6-7-15(17)22-14/h3-9H,1-2H3,(H,18,21). The van der Waals surface area contributed by atoms with Crippen LogP contribution in [0.2, 0.25) is 5.22 Å². The molecule has 0 unspecified atom stereocenters. The third-order valence-electron chi connectivity index (χ3n) is 3.16. The molecule has 112 valence electrons. The van der Waals surface area contributed by atoms with E-state index in [0.29, 0.717) is 5.69 Å². The van der Waals surface area contributed by atoms with E-state index in [9.17, 15) is 4.79 Å². The summed E-state index contributed by atoms with van der Waals surface area (Å²) in [5, 5.41) is 7.39. The van der Waals surface area contributed by atoms with Crippen LogP contribution in [0.15, 0.2) is 46.9 Å². The van der Waals surface area contributed by atoms with Crippen LogP contribution in [0, 0.1) is 13.8 Å². The molecule has 2 aromatic heterocycles.